The van der Waals surface area contributed by atoms with E-state index in [1.165, 1.54) is 34.1 Å². The normalized spacial score (nSPS) is 15.1. The molecule has 7 nitrogen and oxygen atoms in total. The third-order valence-corrected chi connectivity index (χ3v) is 7.12. The van der Waals surface area contributed by atoms with Crippen LogP contribution in [0.2, 0.25) is 0 Å². The maximum atomic E-state index is 13.9. The van der Waals surface area contributed by atoms with Gasteiger partial charge in [0.1, 0.15) is 5.82 Å². The number of hydrogen-bond donors (Lipinski definition) is 1. The molecule has 39 heavy (non-hydrogen) atoms. The molecule has 0 fully saturated rings. The molecular formula is C30H25FN2O5S. The Hall–Kier alpha value is -4.50. The van der Waals surface area contributed by atoms with Crippen LogP contribution in [0.1, 0.15) is 36.6 Å². The first-order valence-electron chi connectivity index (χ1n) is 12.4. The lowest BCUT2D eigenvalue weighted by molar-refractivity contribution is -0.138. The average molecular weight is 545 g/mol. The van der Waals surface area contributed by atoms with Crippen molar-refractivity contribution < 1.29 is 23.8 Å². The van der Waals surface area contributed by atoms with Gasteiger partial charge in [0.15, 0.2) is 16.3 Å². The van der Waals surface area contributed by atoms with E-state index in [2.05, 4.69) is 0 Å². The Labute approximate surface area is 227 Å². The van der Waals surface area contributed by atoms with Gasteiger partial charge in [-0.3, -0.25) is 9.36 Å². The number of halogens is 1. The van der Waals surface area contributed by atoms with Crippen molar-refractivity contribution in [2.75, 3.05) is 13.2 Å². The zero-order valence-corrected chi connectivity index (χ0v) is 22.1. The van der Waals surface area contributed by atoms with E-state index in [9.17, 15) is 19.1 Å². The van der Waals surface area contributed by atoms with Gasteiger partial charge in [0.05, 0.1) is 35.1 Å². The number of aromatic nitrogens is 1. The first-order chi connectivity index (χ1) is 18.9. The van der Waals surface area contributed by atoms with E-state index in [0.29, 0.717) is 44.1 Å². The van der Waals surface area contributed by atoms with E-state index in [1.807, 2.05) is 37.3 Å². The number of fused-ring (bicyclic) bond motifs is 1. The Bertz CT molecular complexity index is 1740. The van der Waals surface area contributed by atoms with Crippen molar-refractivity contribution in [1.82, 2.24) is 4.57 Å². The summed E-state index contributed by atoms with van der Waals surface area (Å²) in [5.41, 5.74) is 2.08. The van der Waals surface area contributed by atoms with Gasteiger partial charge in [-0.25, -0.2) is 14.2 Å². The van der Waals surface area contributed by atoms with Gasteiger partial charge in [0, 0.05) is 5.56 Å². The molecule has 3 aromatic carbocycles. The Morgan fingerprint density at radius 1 is 1.08 bits per heavy atom. The maximum absolute atomic E-state index is 13.9. The zero-order chi connectivity index (χ0) is 27.5. The van der Waals surface area contributed by atoms with Crippen LogP contribution in [0.15, 0.2) is 88.2 Å². The summed E-state index contributed by atoms with van der Waals surface area (Å²) in [6.07, 6.45) is 1.68. The largest absolute Gasteiger partial charge is 0.504 e. The van der Waals surface area contributed by atoms with Gasteiger partial charge in [-0.05, 0) is 55.3 Å². The standard InChI is InChI=1S/C30H25FN2O5S/c1-3-37-23-16-18(10-15-22(23)34)17-24-28(35)33-27(20-11-13-21(31)14-12-20)25(29(36)38-4-2)26(32-30(33)39-24)19-8-6-5-7-9-19/h5-17,27,34H,3-4H2,1-2H3/b24-17-/t27-/m1/s1. The second kappa shape index (κ2) is 11.1. The molecule has 4 aromatic rings. The third kappa shape index (κ3) is 5.13. The summed E-state index contributed by atoms with van der Waals surface area (Å²) in [5.74, 6) is -0.741. The number of phenols is 1. The lowest BCUT2D eigenvalue weighted by Crippen LogP contribution is -2.40. The molecular weight excluding hydrogens is 519 g/mol. The molecule has 0 aliphatic carbocycles. The SMILES string of the molecule is CCOC(=O)C1=C(c2ccccc2)N=c2s/c(=C\c3ccc(O)c(OCC)c3)c(=O)n2[C@@H]1c1ccc(F)cc1. The van der Waals surface area contributed by atoms with Crippen molar-refractivity contribution >= 4 is 29.1 Å². The summed E-state index contributed by atoms with van der Waals surface area (Å²) in [5, 5.41) is 10.1. The summed E-state index contributed by atoms with van der Waals surface area (Å²) in [4.78, 5) is 32.4. The zero-order valence-electron chi connectivity index (χ0n) is 21.3. The molecule has 0 amide bonds. The minimum Gasteiger partial charge on any atom is -0.504 e. The molecule has 2 heterocycles. The lowest BCUT2D eigenvalue weighted by atomic mass is 9.93. The number of hydrogen-bond acceptors (Lipinski definition) is 7. The molecule has 0 spiro atoms. The molecule has 1 aliphatic heterocycles. The molecule has 1 aliphatic rings. The molecule has 0 radical (unpaired) electrons. The monoisotopic (exact) mass is 544 g/mol. The predicted octanol–water partition coefficient (Wildman–Crippen LogP) is 4.18. The lowest BCUT2D eigenvalue weighted by Gasteiger charge is -2.25. The molecule has 0 saturated heterocycles. The molecule has 1 atom stereocenters. The van der Waals surface area contributed by atoms with Crippen molar-refractivity contribution in [3.8, 4) is 11.5 Å². The topological polar surface area (TPSA) is 90.1 Å². The summed E-state index contributed by atoms with van der Waals surface area (Å²) in [6, 6.07) is 18.8. The number of phenolic OH excluding ortho intramolecular Hbond substituents is 1. The molecule has 9 heteroatoms. The molecule has 5 rings (SSSR count). The van der Waals surface area contributed by atoms with E-state index >= 15 is 0 Å². The van der Waals surface area contributed by atoms with E-state index in [0.717, 1.165) is 0 Å². The average Bonchev–Trinajstić information content (AvgIpc) is 3.25. The van der Waals surface area contributed by atoms with Crippen LogP contribution in [0, 0.1) is 5.82 Å². The quantitative estimate of drug-likeness (QED) is 0.353. The van der Waals surface area contributed by atoms with Gasteiger partial charge in [0.2, 0.25) is 0 Å². The van der Waals surface area contributed by atoms with Crippen molar-refractivity contribution in [2.24, 2.45) is 4.99 Å². The number of carbonyl (C=O) groups excluding carboxylic acids is 1. The molecule has 1 aromatic heterocycles. The number of carbonyl (C=O) groups is 1. The van der Waals surface area contributed by atoms with Crippen LogP contribution in [0.25, 0.3) is 11.8 Å². The minimum absolute atomic E-state index is 0.00153. The Kier molecular flexibility index (Phi) is 7.42. The summed E-state index contributed by atoms with van der Waals surface area (Å²) < 4.78 is 26.6. The number of esters is 1. The van der Waals surface area contributed by atoms with Crippen molar-refractivity contribution in [3.63, 3.8) is 0 Å². The van der Waals surface area contributed by atoms with Crippen LogP contribution >= 0.6 is 11.3 Å². The summed E-state index contributed by atoms with van der Waals surface area (Å²) >= 11 is 1.17. The highest BCUT2D eigenvalue weighted by Crippen LogP contribution is 2.35. The number of benzene rings is 3. The fraction of sp³-hybridized carbons (Fsp3) is 0.167. The molecule has 0 unspecified atom stereocenters. The van der Waals surface area contributed by atoms with Gasteiger partial charge >= 0.3 is 5.97 Å². The van der Waals surface area contributed by atoms with Crippen LogP contribution in [0.5, 0.6) is 11.5 Å². The van der Waals surface area contributed by atoms with Crippen LogP contribution in [0.4, 0.5) is 4.39 Å². The van der Waals surface area contributed by atoms with Gasteiger partial charge in [-0.15, -0.1) is 0 Å². The number of ether oxygens (including phenoxy) is 2. The third-order valence-electron chi connectivity index (χ3n) is 6.14. The maximum Gasteiger partial charge on any atom is 0.338 e. The van der Waals surface area contributed by atoms with Gasteiger partial charge in [-0.1, -0.05) is 59.9 Å². The number of thiazole rings is 1. The highest BCUT2D eigenvalue weighted by molar-refractivity contribution is 7.07. The van der Waals surface area contributed by atoms with Crippen LogP contribution < -0.4 is 19.6 Å². The predicted molar refractivity (Wildman–Crippen MR) is 147 cm³/mol. The fourth-order valence-corrected chi connectivity index (χ4v) is 5.44. The smallest absolute Gasteiger partial charge is 0.338 e. The second-order valence-corrected chi connectivity index (χ2v) is 9.65. The fourth-order valence-electron chi connectivity index (χ4n) is 4.44. The van der Waals surface area contributed by atoms with Crippen molar-refractivity contribution in [1.29, 1.82) is 0 Å². The van der Waals surface area contributed by atoms with E-state index < -0.39 is 17.8 Å². The number of nitrogens with zero attached hydrogens (tertiary/aromatic N) is 2. The summed E-state index contributed by atoms with van der Waals surface area (Å²) in [7, 11) is 0. The number of rotatable bonds is 7. The van der Waals surface area contributed by atoms with Gasteiger partial charge in [0.25, 0.3) is 5.56 Å². The Morgan fingerprint density at radius 3 is 2.51 bits per heavy atom. The molecule has 0 saturated carbocycles. The van der Waals surface area contributed by atoms with E-state index in [4.69, 9.17) is 14.5 Å². The van der Waals surface area contributed by atoms with E-state index in [-0.39, 0.29) is 23.5 Å². The Balaban J connectivity index is 1.79. The molecule has 1 N–H and O–H groups in total. The molecule has 0 bridgehead atoms. The van der Waals surface area contributed by atoms with Gasteiger partial charge in [-0.2, -0.15) is 0 Å². The molecule has 198 valence electrons. The minimum atomic E-state index is -0.892. The first kappa shape index (κ1) is 26.1. The van der Waals surface area contributed by atoms with Gasteiger partial charge < -0.3 is 14.6 Å². The van der Waals surface area contributed by atoms with Crippen LogP contribution in [-0.4, -0.2) is 28.9 Å². The number of aromatic hydroxyl groups is 1. The van der Waals surface area contributed by atoms with Crippen molar-refractivity contribution in [2.45, 2.75) is 19.9 Å². The van der Waals surface area contributed by atoms with Crippen LogP contribution in [0.3, 0.4) is 0 Å². The van der Waals surface area contributed by atoms with Crippen molar-refractivity contribution in [3.05, 3.63) is 121 Å². The highest BCUT2D eigenvalue weighted by Gasteiger charge is 2.35. The Morgan fingerprint density at radius 2 is 1.82 bits per heavy atom. The highest BCUT2D eigenvalue weighted by atomic mass is 32.1. The summed E-state index contributed by atoms with van der Waals surface area (Å²) in [6.45, 7) is 4.02. The van der Waals surface area contributed by atoms with E-state index in [1.54, 1.807) is 37.3 Å². The van der Waals surface area contributed by atoms with Crippen LogP contribution in [-0.2, 0) is 9.53 Å². The first-order valence-corrected chi connectivity index (χ1v) is 13.2. The second-order valence-electron chi connectivity index (χ2n) is 8.64.